The molecule has 4 heteroatoms. The van der Waals surface area contributed by atoms with Gasteiger partial charge < -0.3 is 9.67 Å². The topological polar surface area (TPSA) is 45.5 Å². The van der Waals surface area contributed by atoms with Gasteiger partial charge in [0, 0.05) is 31.5 Å². The zero-order valence-electron chi connectivity index (χ0n) is 9.65. The Bertz CT molecular complexity index is 420. The maximum Gasteiger partial charge on any atom is 0.223 e. The molecule has 1 aromatic rings. The second-order valence-corrected chi connectivity index (χ2v) is 4.46. The van der Waals surface area contributed by atoms with Crippen molar-refractivity contribution in [3.8, 4) is 5.75 Å². The van der Waals surface area contributed by atoms with Gasteiger partial charge in [0.25, 0.3) is 0 Å². The highest BCUT2D eigenvalue weighted by atomic mass is 16.3. The van der Waals surface area contributed by atoms with Crippen molar-refractivity contribution >= 4 is 0 Å². The fourth-order valence-corrected chi connectivity index (χ4v) is 2.16. The minimum Gasteiger partial charge on any atom is -0.503 e. The Hall–Kier alpha value is -1.29. The SMILES string of the molecule is Cn1cc(O)c(=O)cc1CN1CCCCC1. The molecule has 16 heavy (non-hydrogen) atoms. The van der Waals surface area contributed by atoms with Crippen LogP contribution in [0.15, 0.2) is 17.1 Å². The van der Waals surface area contributed by atoms with Crippen molar-refractivity contribution in [3.63, 3.8) is 0 Å². The summed E-state index contributed by atoms with van der Waals surface area (Å²) in [6.07, 6.45) is 5.28. The van der Waals surface area contributed by atoms with Crippen LogP contribution in [0.2, 0.25) is 0 Å². The van der Waals surface area contributed by atoms with Crippen molar-refractivity contribution in [2.45, 2.75) is 25.8 Å². The van der Waals surface area contributed by atoms with E-state index in [-0.39, 0.29) is 11.2 Å². The van der Waals surface area contributed by atoms with E-state index in [2.05, 4.69) is 4.90 Å². The highest BCUT2D eigenvalue weighted by Gasteiger charge is 2.12. The van der Waals surface area contributed by atoms with Gasteiger partial charge in [-0.15, -0.1) is 0 Å². The number of aromatic nitrogens is 1. The van der Waals surface area contributed by atoms with Crippen molar-refractivity contribution in [1.29, 1.82) is 0 Å². The van der Waals surface area contributed by atoms with E-state index in [1.54, 1.807) is 0 Å². The first-order valence-electron chi connectivity index (χ1n) is 5.78. The molecule has 0 amide bonds. The average Bonchev–Trinajstić information content (AvgIpc) is 2.27. The Kier molecular flexibility index (Phi) is 3.29. The van der Waals surface area contributed by atoms with Crippen molar-refractivity contribution in [3.05, 3.63) is 28.2 Å². The molecule has 4 nitrogen and oxygen atoms in total. The molecule has 0 saturated carbocycles. The van der Waals surface area contributed by atoms with Crippen LogP contribution in [0.3, 0.4) is 0 Å². The highest BCUT2D eigenvalue weighted by molar-refractivity contribution is 5.20. The fraction of sp³-hybridized carbons (Fsp3) is 0.583. The van der Waals surface area contributed by atoms with Crippen molar-refractivity contribution < 1.29 is 5.11 Å². The smallest absolute Gasteiger partial charge is 0.223 e. The number of piperidine rings is 1. The van der Waals surface area contributed by atoms with Crippen LogP contribution in [0.1, 0.15) is 25.0 Å². The van der Waals surface area contributed by atoms with Crippen LogP contribution in [-0.2, 0) is 13.6 Å². The molecule has 1 N–H and O–H groups in total. The molecule has 2 rings (SSSR count). The lowest BCUT2D eigenvalue weighted by atomic mass is 10.1. The molecule has 0 atom stereocenters. The Balaban J connectivity index is 2.14. The second-order valence-electron chi connectivity index (χ2n) is 4.46. The average molecular weight is 222 g/mol. The van der Waals surface area contributed by atoms with Gasteiger partial charge in [-0.05, 0) is 25.9 Å². The quantitative estimate of drug-likeness (QED) is 0.814. The van der Waals surface area contributed by atoms with Crippen molar-refractivity contribution in [2.75, 3.05) is 13.1 Å². The zero-order valence-corrected chi connectivity index (χ0v) is 9.65. The maximum atomic E-state index is 11.4. The Morgan fingerprint density at radius 3 is 2.69 bits per heavy atom. The van der Waals surface area contributed by atoms with E-state index in [0.29, 0.717) is 0 Å². The standard InChI is InChI=1S/C12H18N2O2/c1-13-9-12(16)11(15)7-10(13)8-14-5-3-2-4-6-14/h7,9,16H,2-6,8H2,1H3. The van der Waals surface area contributed by atoms with Crippen LogP contribution >= 0.6 is 0 Å². The largest absolute Gasteiger partial charge is 0.503 e. The molecular weight excluding hydrogens is 204 g/mol. The summed E-state index contributed by atoms with van der Waals surface area (Å²) in [5.41, 5.74) is 0.676. The summed E-state index contributed by atoms with van der Waals surface area (Å²) in [6.45, 7) is 3.01. The number of likely N-dealkylation sites (tertiary alicyclic amines) is 1. The number of pyridine rings is 1. The lowest BCUT2D eigenvalue weighted by molar-refractivity contribution is 0.216. The summed E-state index contributed by atoms with van der Waals surface area (Å²) in [4.78, 5) is 13.7. The number of aromatic hydroxyl groups is 1. The van der Waals surface area contributed by atoms with E-state index in [0.717, 1.165) is 25.3 Å². The van der Waals surface area contributed by atoms with E-state index < -0.39 is 0 Å². The van der Waals surface area contributed by atoms with Crippen LogP contribution in [0.4, 0.5) is 0 Å². The lowest BCUT2D eigenvalue weighted by Gasteiger charge is -2.27. The van der Waals surface area contributed by atoms with Crippen molar-refractivity contribution in [2.24, 2.45) is 7.05 Å². The zero-order chi connectivity index (χ0) is 11.5. The Morgan fingerprint density at radius 2 is 2.00 bits per heavy atom. The minimum atomic E-state index is -0.287. The monoisotopic (exact) mass is 222 g/mol. The van der Waals surface area contributed by atoms with Gasteiger partial charge in [0.05, 0.1) is 0 Å². The van der Waals surface area contributed by atoms with Crippen LogP contribution in [0.5, 0.6) is 5.75 Å². The summed E-state index contributed by atoms with van der Waals surface area (Å²) in [5.74, 6) is -0.176. The summed E-state index contributed by atoms with van der Waals surface area (Å²) in [6, 6.07) is 1.53. The van der Waals surface area contributed by atoms with Crippen LogP contribution in [-0.4, -0.2) is 27.7 Å². The molecule has 1 aromatic heterocycles. The number of hydrogen-bond donors (Lipinski definition) is 1. The maximum absolute atomic E-state index is 11.4. The van der Waals surface area contributed by atoms with E-state index in [4.69, 9.17) is 0 Å². The van der Waals surface area contributed by atoms with Gasteiger partial charge in [0.15, 0.2) is 5.75 Å². The molecule has 1 aliphatic rings. The number of hydrogen-bond acceptors (Lipinski definition) is 3. The third-order valence-corrected chi connectivity index (χ3v) is 3.15. The van der Waals surface area contributed by atoms with E-state index >= 15 is 0 Å². The molecule has 2 heterocycles. The van der Waals surface area contributed by atoms with Gasteiger partial charge in [-0.1, -0.05) is 6.42 Å². The van der Waals surface area contributed by atoms with E-state index in [9.17, 15) is 9.90 Å². The molecule has 0 aliphatic carbocycles. The molecule has 0 aromatic carbocycles. The van der Waals surface area contributed by atoms with E-state index in [1.807, 2.05) is 11.6 Å². The normalized spacial score (nSPS) is 17.6. The van der Waals surface area contributed by atoms with E-state index in [1.165, 1.54) is 31.5 Å². The van der Waals surface area contributed by atoms with Gasteiger partial charge >= 0.3 is 0 Å². The fourth-order valence-electron chi connectivity index (χ4n) is 2.16. The minimum absolute atomic E-state index is 0.176. The third kappa shape index (κ3) is 2.44. The number of nitrogens with zero attached hydrogens (tertiary/aromatic N) is 2. The molecule has 0 bridgehead atoms. The van der Waals surface area contributed by atoms with Gasteiger partial charge in [0.2, 0.25) is 5.43 Å². The first kappa shape index (κ1) is 11.2. The van der Waals surface area contributed by atoms with Gasteiger partial charge in [-0.3, -0.25) is 9.69 Å². The molecule has 1 fully saturated rings. The second kappa shape index (κ2) is 4.70. The first-order valence-corrected chi connectivity index (χ1v) is 5.78. The predicted octanol–water partition coefficient (Wildman–Crippen LogP) is 1.08. The first-order chi connectivity index (χ1) is 7.66. The summed E-state index contributed by atoms with van der Waals surface area (Å²) < 4.78 is 1.82. The Labute approximate surface area is 95.1 Å². The number of rotatable bonds is 2. The lowest BCUT2D eigenvalue weighted by Crippen LogP contribution is -2.30. The molecular formula is C12H18N2O2. The molecule has 0 radical (unpaired) electrons. The molecule has 1 aliphatic heterocycles. The third-order valence-electron chi connectivity index (χ3n) is 3.15. The van der Waals surface area contributed by atoms with Gasteiger partial charge in [0.1, 0.15) is 0 Å². The summed E-state index contributed by atoms with van der Waals surface area (Å²) in [5, 5.41) is 9.28. The van der Waals surface area contributed by atoms with Crippen LogP contribution in [0, 0.1) is 0 Å². The van der Waals surface area contributed by atoms with Crippen LogP contribution < -0.4 is 5.43 Å². The van der Waals surface area contributed by atoms with Gasteiger partial charge in [-0.25, -0.2) is 0 Å². The summed E-state index contributed by atoms with van der Waals surface area (Å²) >= 11 is 0. The van der Waals surface area contributed by atoms with Gasteiger partial charge in [-0.2, -0.15) is 0 Å². The molecule has 1 saturated heterocycles. The predicted molar refractivity (Wildman–Crippen MR) is 62.5 cm³/mol. The molecule has 0 unspecified atom stereocenters. The number of aryl methyl sites for hydroxylation is 1. The molecule has 88 valence electrons. The highest BCUT2D eigenvalue weighted by Crippen LogP contribution is 2.12. The summed E-state index contributed by atoms with van der Waals surface area (Å²) in [7, 11) is 1.86. The van der Waals surface area contributed by atoms with Crippen LogP contribution in [0.25, 0.3) is 0 Å². The van der Waals surface area contributed by atoms with Crippen molar-refractivity contribution in [1.82, 2.24) is 9.47 Å². The molecule has 0 spiro atoms. The Morgan fingerprint density at radius 1 is 1.31 bits per heavy atom.